The minimum Gasteiger partial charge on any atom is -0.462 e. The van der Waals surface area contributed by atoms with Crippen LogP contribution in [0.5, 0.6) is 0 Å². The number of esters is 3. The Morgan fingerprint density at radius 1 is 0.313 bits per heavy atom. The second kappa shape index (κ2) is 55.4. The lowest BCUT2D eigenvalue weighted by atomic mass is 10.1. The van der Waals surface area contributed by atoms with Crippen molar-refractivity contribution in [2.45, 2.75) is 284 Å². The largest absolute Gasteiger partial charge is 0.462 e. The van der Waals surface area contributed by atoms with Crippen molar-refractivity contribution in [1.82, 2.24) is 0 Å². The Hall–Kier alpha value is -3.15. The summed E-state index contributed by atoms with van der Waals surface area (Å²) in [5.74, 6) is -0.922. The second-order valence-electron chi connectivity index (χ2n) is 18.8. The molecule has 1 unspecified atom stereocenters. The molecule has 6 nitrogen and oxygen atoms in total. The van der Waals surface area contributed by atoms with Crippen LogP contribution in [0.4, 0.5) is 0 Å². The van der Waals surface area contributed by atoms with Gasteiger partial charge in [-0.15, -0.1) is 0 Å². The van der Waals surface area contributed by atoms with Crippen molar-refractivity contribution in [3.63, 3.8) is 0 Å². The van der Waals surface area contributed by atoms with E-state index in [4.69, 9.17) is 14.2 Å². The van der Waals surface area contributed by atoms with Gasteiger partial charge in [-0.1, -0.05) is 222 Å². The third-order valence-electron chi connectivity index (χ3n) is 12.2. The SMILES string of the molecule is CC/C=C\C/C=C\C/C=C\CCCCCC(=O)OCC(COC(=O)CCCCCCCCCCC/C=C\CCCCCCCC)OC(=O)CCCCCCCCC/C=C\C/C=C\CCCCC. The summed E-state index contributed by atoms with van der Waals surface area (Å²) in [6, 6.07) is 0. The van der Waals surface area contributed by atoms with Crippen molar-refractivity contribution in [3.05, 3.63) is 72.9 Å². The molecule has 0 saturated carbocycles. The average Bonchev–Trinajstić information content (AvgIpc) is 3.33. The van der Waals surface area contributed by atoms with Gasteiger partial charge in [0, 0.05) is 19.3 Å². The van der Waals surface area contributed by atoms with Gasteiger partial charge in [0.25, 0.3) is 0 Å². The van der Waals surface area contributed by atoms with E-state index < -0.39 is 6.10 Å². The summed E-state index contributed by atoms with van der Waals surface area (Å²) < 4.78 is 16.8. The number of ether oxygens (including phenoxy) is 3. The zero-order valence-corrected chi connectivity index (χ0v) is 44.2. The first-order chi connectivity index (χ1) is 33.0. The minimum absolute atomic E-state index is 0.0886. The Balaban J connectivity index is 4.39. The molecule has 0 aromatic carbocycles. The van der Waals surface area contributed by atoms with Crippen LogP contribution in [0, 0.1) is 0 Å². The summed E-state index contributed by atoms with van der Waals surface area (Å²) in [6.45, 7) is 6.48. The van der Waals surface area contributed by atoms with E-state index in [1.807, 2.05) is 0 Å². The molecule has 6 heteroatoms. The van der Waals surface area contributed by atoms with Crippen LogP contribution in [0.15, 0.2) is 72.9 Å². The number of carbonyl (C=O) groups excluding carboxylic acids is 3. The van der Waals surface area contributed by atoms with Gasteiger partial charge in [-0.05, 0) is 109 Å². The number of allylic oxidation sites excluding steroid dienone is 12. The molecule has 0 aromatic rings. The number of unbranched alkanes of at least 4 members (excludes halogenated alkanes) is 28. The first-order valence-electron chi connectivity index (χ1n) is 28.4. The Bertz CT molecular complexity index is 1260. The molecule has 0 spiro atoms. The molecular formula is C61H106O6. The highest BCUT2D eigenvalue weighted by atomic mass is 16.6. The standard InChI is InChI=1S/C61H106O6/c1-4-7-10-13-16-19-22-25-27-29-30-32-33-36-39-42-45-48-51-54-60(63)66-57-58(56-65-59(62)53-50-47-44-41-38-35-24-21-18-15-12-9-6-3)67-61(64)55-52-49-46-43-40-37-34-31-28-26-23-20-17-14-11-8-5-2/h9,12,17-18,20-21,25-28,35,38,58H,4-8,10-11,13-16,19,22-24,29-34,36-37,39-57H2,1-3H3/b12-9-,20-17-,21-18-,27-25-,28-26-,38-35-. The molecule has 0 saturated heterocycles. The van der Waals surface area contributed by atoms with Gasteiger partial charge in [0.2, 0.25) is 0 Å². The summed E-state index contributed by atoms with van der Waals surface area (Å²) >= 11 is 0. The van der Waals surface area contributed by atoms with E-state index in [1.54, 1.807) is 0 Å². The van der Waals surface area contributed by atoms with Crippen molar-refractivity contribution in [1.29, 1.82) is 0 Å². The molecule has 0 bridgehead atoms. The number of rotatable bonds is 51. The van der Waals surface area contributed by atoms with Crippen LogP contribution >= 0.6 is 0 Å². The van der Waals surface area contributed by atoms with Crippen molar-refractivity contribution in [2.75, 3.05) is 13.2 Å². The fourth-order valence-electron chi connectivity index (χ4n) is 7.89. The monoisotopic (exact) mass is 935 g/mol. The van der Waals surface area contributed by atoms with Crippen molar-refractivity contribution in [3.8, 4) is 0 Å². The van der Waals surface area contributed by atoms with Crippen molar-refractivity contribution >= 4 is 17.9 Å². The minimum atomic E-state index is -0.792. The molecule has 0 aromatic heterocycles. The topological polar surface area (TPSA) is 78.9 Å². The Kier molecular flexibility index (Phi) is 52.8. The zero-order chi connectivity index (χ0) is 48.6. The maximum Gasteiger partial charge on any atom is 0.306 e. The highest BCUT2D eigenvalue weighted by molar-refractivity contribution is 5.71. The van der Waals surface area contributed by atoms with E-state index in [1.165, 1.54) is 141 Å². The van der Waals surface area contributed by atoms with Crippen LogP contribution in [0.2, 0.25) is 0 Å². The van der Waals surface area contributed by atoms with Gasteiger partial charge >= 0.3 is 17.9 Å². The quantitative estimate of drug-likeness (QED) is 0.0262. The first-order valence-corrected chi connectivity index (χ1v) is 28.4. The molecule has 0 heterocycles. The van der Waals surface area contributed by atoms with Crippen molar-refractivity contribution < 1.29 is 28.6 Å². The maximum absolute atomic E-state index is 12.8. The van der Waals surface area contributed by atoms with Crippen LogP contribution < -0.4 is 0 Å². The molecule has 386 valence electrons. The average molecular weight is 936 g/mol. The normalized spacial score (nSPS) is 12.6. The van der Waals surface area contributed by atoms with E-state index in [0.717, 1.165) is 96.3 Å². The smallest absolute Gasteiger partial charge is 0.306 e. The molecule has 0 amide bonds. The summed E-state index contributed by atoms with van der Waals surface area (Å²) in [7, 11) is 0. The predicted molar refractivity (Wildman–Crippen MR) is 288 cm³/mol. The van der Waals surface area contributed by atoms with Crippen LogP contribution in [-0.4, -0.2) is 37.2 Å². The lowest BCUT2D eigenvalue weighted by Gasteiger charge is -2.18. The number of carbonyl (C=O) groups is 3. The van der Waals surface area contributed by atoms with E-state index in [-0.39, 0.29) is 31.1 Å². The van der Waals surface area contributed by atoms with Gasteiger partial charge in [0.05, 0.1) is 0 Å². The van der Waals surface area contributed by atoms with Gasteiger partial charge in [0.15, 0.2) is 6.10 Å². The van der Waals surface area contributed by atoms with E-state index in [0.29, 0.717) is 19.3 Å². The molecule has 0 aliphatic heterocycles. The molecule has 0 aliphatic carbocycles. The molecule has 0 rings (SSSR count). The first kappa shape index (κ1) is 63.8. The molecular weight excluding hydrogens is 829 g/mol. The van der Waals surface area contributed by atoms with Gasteiger partial charge in [-0.25, -0.2) is 0 Å². The number of hydrogen-bond donors (Lipinski definition) is 0. The second-order valence-corrected chi connectivity index (χ2v) is 18.8. The molecule has 1 atom stereocenters. The van der Waals surface area contributed by atoms with E-state index in [9.17, 15) is 14.4 Å². The summed E-state index contributed by atoms with van der Waals surface area (Å²) in [6.07, 6.45) is 70.3. The molecule has 0 radical (unpaired) electrons. The highest BCUT2D eigenvalue weighted by Crippen LogP contribution is 2.15. The lowest BCUT2D eigenvalue weighted by molar-refractivity contribution is -0.167. The van der Waals surface area contributed by atoms with Gasteiger partial charge in [-0.2, -0.15) is 0 Å². The third-order valence-corrected chi connectivity index (χ3v) is 12.2. The van der Waals surface area contributed by atoms with Crippen LogP contribution in [0.25, 0.3) is 0 Å². The van der Waals surface area contributed by atoms with E-state index >= 15 is 0 Å². The molecule has 0 fully saturated rings. The summed E-state index contributed by atoms with van der Waals surface area (Å²) in [5, 5.41) is 0. The third kappa shape index (κ3) is 53.7. The zero-order valence-electron chi connectivity index (χ0n) is 44.2. The van der Waals surface area contributed by atoms with Crippen molar-refractivity contribution in [2.24, 2.45) is 0 Å². The Morgan fingerprint density at radius 3 is 0.970 bits per heavy atom. The Morgan fingerprint density at radius 2 is 0.582 bits per heavy atom. The van der Waals surface area contributed by atoms with Crippen LogP contribution in [0.1, 0.15) is 278 Å². The van der Waals surface area contributed by atoms with Crippen LogP contribution in [-0.2, 0) is 28.6 Å². The lowest BCUT2D eigenvalue weighted by Crippen LogP contribution is -2.30. The van der Waals surface area contributed by atoms with Gasteiger partial charge in [-0.3, -0.25) is 14.4 Å². The molecule has 0 N–H and O–H groups in total. The maximum atomic E-state index is 12.8. The summed E-state index contributed by atoms with van der Waals surface area (Å²) in [5.41, 5.74) is 0. The molecule has 0 aliphatic rings. The van der Waals surface area contributed by atoms with Gasteiger partial charge < -0.3 is 14.2 Å². The summed E-state index contributed by atoms with van der Waals surface area (Å²) in [4.78, 5) is 38.1. The fourth-order valence-corrected chi connectivity index (χ4v) is 7.89. The molecule has 67 heavy (non-hydrogen) atoms. The Labute approximate surface area is 414 Å². The number of hydrogen-bond acceptors (Lipinski definition) is 6. The fraction of sp³-hybridized carbons (Fsp3) is 0.754. The predicted octanol–water partition coefficient (Wildman–Crippen LogP) is 19.0. The highest BCUT2D eigenvalue weighted by Gasteiger charge is 2.19. The van der Waals surface area contributed by atoms with Crippen LogP contribution in [0.3, 0.4) is 0 Å². The van der Waals surface area contributed by atoms with Gasteiger partial charge in [0.1, 0.15) is 13.2 Å². The van der Waals surface area contributed by atoms with E-state index in [2.05, 4.69) is 93.7 Å².